The molecule has 0 aliphatic carbocycles. The highest BCUT2D eigenvalue weighted by Crippen LogP contribution is 2.27. The largest absolute Gasteiger partial charge is 0.296 e. The Hall–Kier alpha value is -2.68. The van der Waals surface area contributed by atoms with Gasteiger partial charge < -0.3 is 0 Å². The average Bonchev–Trinajstić information content (AvgIpc) is 2.84. The summed E-state index contributed by atoms with van der Waals surface area (Å²) in [6.45, 7) is 0. The van der Waals surface area contributed by atoms with Crippen LogP contribution in [-0.4, -0.2) is 9.38 Å². The smallest absolute Gasteiger partial charge is 0.239 e. The van der Waals surface area contributed by atoms with E-state index < -0.39 is 5.95 Å². The number of halogens is 1. The first kappa shape index (κ1) is 11.2. The van der Waals surface area contributed by atoms with Crippen LogP contribution < -0.4 is 0 Å². The predicted octanol–water partition coefficient (Wildman–Crippen LogP) is 4.29. The molecule has 96 valence electrons. The molecule has 4 rings (SSSR count). The van der Waals surface area contributed by atoms with Crippen molar-refractivity contribution in [2.75, 3.05) is 0 Å². The molecule has 2 heterocycles. The van der Waals surface area contributed by atoms with Gasteiger partial charge in [0.15, 0.2) is 0 Å². The second kappa shape index (κ2) is 4.17. The van der Waals surface area contributed by atoms with Gasteiger partial charge in [-0.3, -0.25) is 4.40 Å². The van der Waals surface area contributed by atoms with Crippen LogP contribution in [0.2, 0.25) is 0 Å². The highest BCUT2D eigenvalue weighted by atomic mass is 19.1. The molecule has 0 unspecified atom stereocenters. The summed E-state index contributed by atoms with van der Waals surface area (Å²) in [6, 6.07) is 19.4. The molecule has 20 heavy (non-hydrogen) atoms. The van der Waals surface area contributed by atoms with Crippen LogP contribution >= 0.6 is 0 Å². The van der Waals surface area contributed by atoms with E-state index in [9.17, 15) is 4.39 Å². The first-order valence-electron chi connectivity index (χ1n) is 6.45. The van der Waals surface area contributed by atoms with Gasteiger partial charge in [0.25, 0.3) is 0 Å². The van der Waals surface area contributed by atoms with Crippen LogP contribution in [0.3, 0.4) is 0 Å². The predicted molar refractivity (Wildman–Crippen MR) is 78.1 cm³/mol. The zero-order valence-electron chi connectivity index (χ0n) is 10.6. The van der Waals surface area contributed by atoms with E-state index in [0.717, 1.165) is 16.3 Å². The molecule has 0 saturated heterocycles. The van der Waals surface area contributed by atoms with E-state index in [-0.39, 0.29) is 0 Å². The quantitative estimate of drug-likeness (QED) is 0.500. The number of hydrogen-bond acceptors (Lipinski definition) is 1. The molecule has 0 spiro atoms. The Morgan fingerprint density at radius 3 is 2.45 bits per heavy atom. The van der Waals surface area contributed by atoms with E-state index >= 15 is 0 Å². The van der Waals surface area contributed by atoms with Crippen molar-refractivity contribution >= 4 is 16.4 Å². The zero-order valence-corrected chi connectivity index (χ0v) is 10.6. The Kier molecular flexibility index (Phi) is 2.33. The van der Waals surface area contributed by atoms with Gasteiger partial charge in [-0.2, -0.15) is 9.37 Å². The molecule has 0 atom stereocenters. The van der Waals surface area contributed by atoms with Gasteiger partial charge >= 0.3 is 0 Å². The van der Waals surface area contributed by atoms with Crippen molar-refractivity contribution in [1.29, 1.82) is 0 Å². The minimum absolute atomic E-state index is 0.437. The fourth-order valence-corrected chi connectivity index (χ4v) is 2.60. The molecule has 2 aromatic heterocycles. The lowest BCUT2D eigenvalue weighted by atomic mass is 10.1. The summed E-state index contributed by atoms with van der Waals surface area (Å²) in [7, 11) is 0. The summed E-state index contributed by atoms with van der Waals surface area (Å²) in [6.07, 6.45) is 1.87. The lowest BCUT2D eigenvalue weighted by molar-refractivity contribution is 0.596. The second-order valence-corrected chi connectivity index (χ2v) is 4.71. The van der Waals surface area contributed by atoms with Gasteiger partial charge in [-0.15, -0.1) is 0 Å². The summed E-state index contributed by atoms with van der Waals surface area (Å²) < 4.78 is 16.1. The first-order valence-corrected chi connectivity index (χ1v) is 6.45. The number of aromatic nitrogens is 2. The summed E-state index contributed by atoms with van der Waals surface area (Å²) in [5.41, 5.74) is 1.98. The average molecular weight is 262 g/mol. The number of rotatable bonds is 1. The highest BCUT2D eigenvalue weighted by Gasteiger charge is 2.15. The van der Waals surface area contributed by atoms with E-state index in [2.05, 4.69) is 4.98 Å². The summed E-state index contributed by atoms with van der Waals surface area (Å²) in [4.78, 5) is 4.11. The molecule has 4 aromatic rings. The molecule has 0 bridgehead atoms. The molecule has 0 radical (unpaired) electrons. The number of benzene rings is 2. The van der Waals surface area contributed by atoms with E-state index in [0.29, 0.717) is 11.3 Å². The van der Waals surface area contributed by atoms with E-state index in [1.165, 1.54) is 0 Å². The number of nitrogens with zero attached hydrogens (tertiary/aromatic N) is 2. The maximum absolute atomic E-state index is 14.3. The van der Waals surface area contributed by atoms with Crippen LogP contribution in [0.25, 0.3) is 27.7 Å². The third-order valence-corrected chi connectivity index (χ3v) is 3.52. The second-order valence-electron chi connectivity index (χ2n) is 4.71. The van der Waals surface area contributed by atoms with Gasteiger partial charge in [-0.25, -0.2) is 0 Å². The molecular formula is C17H11FN2. The topological polar surface area (TPSA) is 17.3 Å². The van der Waals surface area contributed by atoms with E-state index in [4.69, 9.17) is 0 Å². The minimum Gasteiger partial charge on any atom is -0.296 e. The third-order valence-electron chi connectivity index (χ3n) is 3.52. The SMILES string of the molecule is Fc1nc2c3ccccc3ccn2c1-c1ccccc1. The number of pyridine rings is 1. The Morgan fingerprint density at radius 2 is 1.60 bits per heavy atom. The van der Waals surface area contributed by atoms with Crippen LogP contribution in [0.4, 0.5) is 4.39 Å². The van der Waals surface area contributed by atoms with Crippen LogP contribution in [0.15, 0.2) is 66.9 Å². The third kappa shape index (κ3) is 1.53. The monoisotopic (exact) mass is 262 g/mol. The van der Waals surface area contributed by atoms with Gasteiger partial charge in [-0.05, 0) is 11.5 Å². The lowest BCUT2D eigenvalue weighted by Gasteiger charge is -2.04. The number of hydrogen-bond donors (Lipinski definition) is 0. The van der Waals surface area contributed by atoms with Crippen LogP contribution in [0.5, 0.6) is 0 Å². The van der Waals surface area contributed by atoms with Crippen molar-refractivity contribution in [2.45, 2.75) is 0 Å². The Bertz CT molecular complexity index is 910. The maximum atomic E-state index is 14.3. The minimum atomic E-state index is -0.437. The van der Waals surface area contributed by atoms with Crippen LogP contribution in [0, 0.1) is 5.95 Å². The number of fused-ring (bicyclic) bond motifs is 3. The maximum Gasteiger partial charge on any atom is 0.239 e. The molecule has 0 saturated carbocycles. The molecule has 3 heteroatoms. The number of imidazole rings is 1. The highest BCUT2D eigenvalue weighted by molar-refractivity contribution is 5.94. The zero-order chi connectivity index (χ0) is 13.5. The Balaban J connectivity index is 2.13. The normalized spacial score (nSPS) is 11.2. The van der Waals surface area contributed by atoms with Crippen molar-refractivity contribution in [1.82, 2.24) is 9.38 Å². The fraction of sp³-hybridized carbons (Fsp3) is 0. The summed E-state index contributed by atoms with van der Waals surface area (Å²) in [5, 5.41) is 2.01. The molecule has 0 aliphatic rings. The Labute approximate surface area is 115 Å². The first-order chi connectivity index (χ1) is 9.84. The van der Waals surface area contributed by atoms with E-state index in [1.54, 1.807) is 0 Å². The van der Waals surface area contributed by atoms with Gasteiger partial charge in [0, 0.05) is 17.1 Å². The molecule has 0 N–H and O–H groups in total. The molecule has 0 aliphatic heterocycles. The molecule has 0 fully saturated rings. The van der Waals surface area contributed by atoms with Crippen molar-refractivity contribution in [3.63, 3.8) is 0 Å². The fourth-order valence-electron chi connectivity index (χ4n) is 2.60. The van der Waals surface area contributed by atoms with Crippen LogP contribution in [0.1, 0.15) is 0 Å². The molecular weight excluding hydrogens is 251 g/mol. The molecule has 2 aromatic carbocycles. The summed E-state index contributed by atoms with van der Waals surface area (Å²) >= 11 is 0. The van der Waals surface area contributed by atoms with Gasteiger partial charge in [-0.1, -0.05) is 54.6 Å². The standard InChI is InChI=1S/C17H11FN2/c18-16-15(13-7-2-1-3-8-13)20-11-10-12-6-4-5-9-14(12)17(20)19-16/h1-11H. The molecule has 0 amide bonds. The van der Waals surface area contributed by atoms with Crippen molar-refractivity contribution in [3.05, 3.63) is 72.8 Å². The van der Waals surface area contributed by atoms with Crippen molar-refractivity contribution in [3.8, 4) is 11.3 Å². The van der Waals surface area contributed by atoms with Gasteiger partial charge in [0.05, 0.1) is 0 Å². The van der Waals surface area contributed by atoms with Crippen molar-refractivity contribution < 1.29 is 4.39 Å². The van der Waals surface area contributed by atoms with Gasteiger partial charge in [0.2, 0.25) is 5.95 Å². The molecule has 2 nitrogen and oxygen atoms in total. The Morgan fingerprint density at radius 1 is 0.850 bits per heavy atom. The van der Waals surface area contributed by atoms with Crippen molar-refractivity contribution in [2.24, 2.45) is 0 Å². The summed E-state index contributed by atoms with van der Waals surface area (Å²) in [5.74, 6) is -0.437. The van der Waals surface area contributed by atoms with Crippen LogP contribution in [-0.2, 0) is 0 Å². The lowest BCUT2D eigenvalue weighted by Crippen LogP contribution is -1.89. The van der Waals surface area contributed by atoms with Gasteiger partial charge in [0.1, 0.15) is 11.3 Å². The van der Waals surface area contributed by atoms with E-state index in [1.807, 2.05) is 71.3 Å².